The topological polar surface area (TPSA) is 78.9 Å². The van der Waals surface area contributed by atoms with Crippen LogP contribution in [0.25, 0.3) is 0 Å². The smallest absolute Gasteiger partial charge is 0.306 e. The van der Waals surface area contributed by atoms with E-state index in [4.69, 9.17) is 14.2 Å². The molecule has 6 nitrogen and oxygen atoms in total. The summed E-state index contributed by atoms with van der Waals surface area (Å²) < 4.78 is 16.9. The van der Waals surface area contributed by atoms with Crippen molar-refractivity contribution in [2.75, 3.05) is 13.2 Å². The minimum absolute atomic E-state index is 0.0891. The van der Waals surface area contributed by atoms with Gasteiger partial charge in [0.2, 0.25) is 0 Å². The van der Waals surface area contributed by atoms with Crippen molar-refractivity contribution in [2.24, 2.45) is 0 Å². The van der Waals surface area contributed by atoms with E-state index in [1.54, 1.807) is 0 Å². The number of rotatable bonds is 59. The van der Waals surface area contributed by atoms with Gasteiger partial charge < -0.3 is 14.2 Å². The molecule has 446 valence electrons. The molecule has 0 aliphatic carbocycles. The van der Waals surface area contributed by atoms with Crippen LogP contribution in [0.15, 0.2) is 109 Å². The van der Waals surface area contributed by atoms with Gasteiger partial charge in [-0.25, -0.2) is 0 Å². The van der Waals surface area contributed by atoms with Crippen molar-refractivity contribution in [1.82, 2.24) is 0 Å². The lowest BCUT2D eigenvalue weighted by molar-refractivity contribution is -0.167. The number of ether oxygens (including phenoxy) is 3. The number of carbonyl (C=O) groups excluding carboxylic acids is 3. The number of carbonyl (C=O) groups is 3. The molecule has 0 N–H and O–H groups in total. The van der Waals surface area contributed by atoms with Gasteiger partial charge in [-0.05, 0) is 128 Å². The van der Waals surface area contributed by atoms with Crippen LogP contribution in [0.3, 0.4) is 0 Å². The van der Waals surface area contributed by atoms with Crippen molar-refractivity contribution < 1.29 is 28.6 Å². The molecule has 0 radical (unpaired) electrons. The molecule has 0 aliphatic rings. The van der Waals surface area contributed by atoms with Gasteiger partial charge in [-0.15, -0.1) is 0 Å². The molecule has 0 aromatic carbocycles. The van der Waals surface area contributed by atoms with Crippen molar-refractivity contribution in [1.29, 1.82) is 0 Å². The Labute approximate surface area is 482 Å². The Morgan fingerprint density at radius 1 is 0.269 bits per heavy atom. The first-order valence-electron chi connectivity index (χ1n) is 32.9. The average molecular weight is 1080 g/mol. The summed E-state index contributed by atoms with van der Waals surface area (Å²) in [6, 6.07) is 0. The molecule has 78 heavy (non-hydrogen) atoms. The fourth-order valence-electron chi connectivity index (χ4n) is 9.06. The van der Waals surface area contributed by atoms with Crippen LogP contribution in [-0.4, -0.2) is 37.2 Å². The molecule has 1 atom stereocenters. The monoisotopic (exact) mass is 1080 g/mol. The maximum atomic E-state index is 12.9. The summed E-state index contributed by atoms with van der Waals surface area (Å²) in [5, 5.41) is 0. The van der Waals surface area contributed by atoms with Gasteiger partial charge in [-0.1, -0.05) is 271 Å². The third-order valence-corrected chi connectivity index (χ3v) is 14.0. The second-order valence-electron chi connectivity index (χ2n) is 21.6. The maximum Gasteiger partial charge on any atom is 0.306 e. The summed E-state index contributed by atoms with van der Waals surface area (Å²) in [6.07, 6.45) is 89.4. The Bertz CT molecular complexity index is 1570. The van der Waals surface area contributed by atoms with Crippen LogP contribution in [0, 0.1) is 0 Å². The zero-order valence-electron chi connectivity index (χ0n) is 51.2. The molecule has 0 amide bonds. The lowest BCUT2D eigenvalue weighted by atomic mass is 10.0. The van der Waals surface area contributed by atoms with E-state index in [0.717, 1.165) is 135 Å². The normalized spacial score (nSPS) is 12.8. The van der Waals surface area contributed by atoms with Gasteiger partial charge in [0.25, 0.3) is 0 Å². The van der Waals surface area contributed by atoms with Gasteiger partial charge in [0.05, 0.1) is 0 Å². The van der Waals surface area contributed by atoms with E-state index in [-0.39, 0.29) is 31.1 Å². The number of hydrogen-bond donors (Lipinski definition) is 0. The zero-order chi connectivity index (χ0) is 56.4. The van der Waals surface area contributed by atoms with Crippen LogP contribution in [0.2, 0.25) is 0 Å². The molecule has 0 aromatic rings. The predicted octanol–water partition coefficient (Wildman–Crippen LogP) is 22.6. The largest absolute Gasteiger partial charge is 0.462 e. The molecule has 0 saturated carbocycles. The fraction of sp³-hybridized carbons (Fsp3) is 0.708. The third kappa shape index (κ3) is 62.9. The van der Waals surface area contributed by atoms with Gasteiger partial charge in [0.1, 0.15) is 13.2 Å². The van der Waals surface area contributed by atoms with E-state index < -0.39 is 6.10 Å². The van der Waals surface area contributed by atoms with Gasteiger partial charge in [-0.3, -0.25) is 14.4 Å². The fourth-order valence-corrected chi connectivity index (χ4v) is 9.06. The summed E-state index contributed by atoms with van der Waals surface area (Å²) >= 11 is 0. The van der Waals surface area contributed by atoms with Crippen molar-refractivity contribution in [3.8, 4) is 0 Å². The summed E-state index contributed by atoms with van der Waals surface area (Å²) in [7, 11) is 0. The summed E-state index contributed by atoms with van der Waals surface area (Å²) in [5.41, 5.74) is 0. The zero-order valence-corrected chi connectivity index (χ0v) is 51.2. The molecule has 0 bridgehead atoms. The van der Waals surface area contributed by atoms with E-state index in [1.165, 1.54) is 135 Å². The average Bonchev–Trinajstić information content (AvgIpc) is 3.44. The van der Waals surface area contributed by atoms with E-state index in [0.29, 0.717) is 19.3 Å². The maximum absolute atomic E-state index is 12.9. The first-order chi connectivity index (χ1) is 38.5. The minimum atomic E-state index is -0.795. The molecule has 0 aliphatic heterocycles. The van der Waals surface area contributed by atoms with Crippen LogP contribution in [0.1, 0.15) is 310 Å². The Hall–Kier alpha value is -3.93. The van der Waals surface area contributed by atoms with E-state index in [1.807, 2.05) is 0 Å². The first kappa shape index (κ1) is 74.1. The molecular formula is C72H122O6. The van der Waals surface area contributed by atoms with Crippen LogP contribution >= 0.6 is 0 Å². The minimum Gasteiger partial charge on any atom is -0.462 e. The second kappa shape index (κ2) is 65.6. The van der Waals surface area contributed by atoms with Crippen LogP contribution in [0.5, 0.6) is 0 Å². The Balaban J connectivity index is 4.39. The number of hydrogen-bond acceptors (Lipinski definition) is 6. The van der Waals surface area contributed by atoms with E-state index in [9.17, 15) is 14.4 Å². The quantitative estimate of drug-likeness (QED) is 0.0261. The first-order valence-corrected chi connectivity index (χ1v) is 32.9. The second-order valence-corrected chi connectivity index (χ2v) is 21.6. The lowest BCUT2D eigenvalue weighted by Crippen LogP contribution is -2.30. The van der Waals surface area contributed by atoms with Crippen LogP contribution in [0.4, 0.5) is 0 Å². The molecule has 0 fully saturated rings. The van der Waals surface area contributed by atoms with E-state index >= 15 is 0 Å². The van der Waals surface area contributed by atoms with Gasteiger partial charge in [0.15, 0.2) is 6.10 Å². The molecule has 0 aromatic heterocycles. The van der Waals surface area contributed by atoms with Gasteiger partial charge in [0, 0.05) is 19.3 Å². The molecule has 0 saturated heterocycles. The van der Waals surface area contributed by atoms with Crippen molar-refractivity contribution >= 4 is 17.9 Å². The molecule has 0 spiro atoms. The Morgan fingerprint density at radius 2 is 0.500 bits per heavy atom. The Kier molecular flexibility index (Phi) is 62.3. The third-order valence-electron chi connectivity index (χ3n) is 14.0. The number of allylic oxidation sites excluding steroid dienone is 18. The number of unbranched alkanes of at least 4 members (excludes halogenated alkanes) is 30. The highest BCUT2D eigenvalue weighted by molar-refractivity contribution is 5.71. The summed E-state index contributed by atoms with van der Waals surface area (Å²) in [5.74, 6) is -0.909. The summed E-state index contributed by atoms with van der Waals surface area (Å²) in [4.78, 5) is 38.4. The van der Waals surface area contributed by atoms with Crippen LogP contribution < -0.4 is 0 Å². The van der Waals surface area contributed by atoms with Crippen molar-refractivity contribution in [3.05, 3.63) is 109 Å². The highest BCUT2D eigenvalue weighted by Gasteiger charge is 2.19. The lowest BCUT2D eigenvalue weighted by Gasteiger charge is -2.18. The van der Waals surface area contributed by atoms with Crippen molar-refractivity contribution in [2.45, 2.75) is 316 Å². The molecule has 1 unspecified atom stereocenters. The van der Waals surface area contributed by atoms with Crippen molar-refractivity contribution in [3.63, 3.8) is 0 Å². The SMILES string of the molecule is CC/C=C\C/C=C\C/C=C\C/C=C\CCCCCCCCCCCCCCC(=O)OCC(COC(=O)CCCCCCC/C=C\C/C=C\CCCCCC)OC(=O)CCCCCCCC/C=C\C/C=C\C/C=C\CCCCC. The molecule has 0 rings (SSSR count). The van der Waals surface area contributed by atoms with Gasteiger partial charge in [-0.2, -0.15) is 0 Å². The highest BCUT2D eigenvalue weighted by Crippen LogP contribution is 2.16. The van der Waals surface area contributed by atoms with Gasteiger partial charge >= 0.3 is 17.9 Å². The highest BCUT2D eigenvalue weighted by atomic mass is 16.6. The van der Waals surface area contributed by atoms with Crippen LogP contribution in [-0.2, 0) is 28.6 Å². The molecular weight excluding hydrogens is 961 g/mol. The standard InChI is InChI=1S/C72H122O6/c1-4-7-10-13-16-19-22-25-28-31-33-34-35-36-37-38-40-41-44-47-50-53-56-59-62-65-71(74)77-68-69(67-76-70(73)64-61-58-55-52-49-46-43-30-27-24-21-18-15-12-9-6-3)78-72(75)66-63-60-57-54-51-48-45-42-39-32-29-26-23-20-17-14-11-8-5-2/h7,10,16-17,19-21,24-26,28-30,33-34,39,42-43,69H,4-6,8-9,11-15,18,22-23,27,31-32,35-38,40-41,44-68H2,1-3H3/b10-7-,19-16-,20-17-,24-21-,28-25-,29-26-,34-33-,42-39-,43-30-. The molecule has 0 heterocycles. The molecule has 6 heteroatoms. The van der Waals surface area contributed by atoms with E-state index in [2.05, 4.69) is 130 Å². The Morgan fingerprint density at radius 3 is 0.808 bits per heavy atom. The number of esters is 3. The predicted molar refractivity (Wildman–Crippen MR) is 339 cm³/mol. The summed E-state index contributed by atoms with van der Waals surface area (Å²) in [6.45, 7) is 6.48.